The van der Waals surface area contributed by atoms with E-state index < -0.39 is 0 Å². The number of carbonyl (C=O) groups excluding carboxylic acids is 1. The van der Waals surface area contributed by atoms with E-state index in [1.54, 1.807) is 12.3 Å². The highest BCUT2D eigenvalue weighted by Crippen LogP contribution is 2.39. The second-order valence-electron chi connectivity index (χ2n) is 4.75. The molecule has 22 heavy (non-hydrogen) atoms. The Morgan fingerprint density at radius 3 is 2.91 bits per heavy atom. The Bertz CT molecular complexity index is 841. The molecule has 0 saturated carbocycles. The van der Waals surface area contributed by atoms with Gasteiger partial charge in [0.15, 0.2) is 0 Å². The maximum absolute atomic E-state index is 12.3. The fourth-order valence-electron chi connectivity index (χ4n) is 2.15. The average Bonchev–Trinajstić information content (AvgIpc) is 3.10. The van der Waals surface area contributed by atoms with Crippen molar-refractivity contribution in [3.63, 3.8) is 0 Å². The molecule has 2 aromatic heterocycles. The molecule has 7 heteroatoms. The number of nitrogens with zero attached hydrogens (tertiary/aromatic N) is 2. The predicted octanol–water partition coefficient (Wildman–Crippen LogP) is 4.35. The minimum atomic E-state index is -0.202. The van der Waals surface area contributed by atoms with Crippen molar-refractivity contribution >= 4 is 50.5 Å². The molecule has 1 aromatic carbocycles. The maximum Gasteiger partial charge on any atom is 0.263 e. The molecule has 0 fully saturated rings. The first-order chi connectivity index (χ1) is 10.6. The third-order valence-corrected chi connectivity index (χ3v) is 5.24. The highest BCUT2D eigenvalue weighted by Gasteiger charge is 2.18. The van der Waals surface area contributed by atoms with E-state index in [1.165, 1.54) is 11.3 Å². The van der Waals surface area contributed by atoms with Crippen molar-refractivity contribution in [1.82, 2.24) is 15.1 Å². The molecule has 3 aromatic rings. The molecule has 0 aliphatic heterocycles. The summed E-state index contributed by atoms with van der Waals surface area (Å²) in [5.41, 5.74) is 0.950. The Balaban J connectivity index is 1.80. The summed E-state index contributed by atoms with van der Waals surface area (Å²) in [5.74, 6) is -0.202. The second-order valence-corrected chi connectivity index (χ2v) is 6.58. The average molecular weight is 354 g/mol. The highest BCUT2D eigenvalue weighted by atomic mass is 35.5. The normalized spacial score (nSPS) is 11.0. The van der Waals surface area contributed by atoms with Crippen LogP contribution in [0, 0.1) is 0 Å². The summed E-state index contributed by atoms with van der Waals surface area (Å²) in [6.07, 6.45) is 3.65. The zero-order chi connectivity index (χ0) is 15.7. The first-order valence-corrected chi connectivity index (χ1v) is 8.33. The van der Waals surface area contributed by atoms with Gasteiger partial charge in [-0.25, -0.2) is 0 Å². The summed E-state index contributed by atoms with van der Waals surface area (Å²) in [5, 5.41) is 8.74. The van der Waals surface area contributed by atoms with Gasteiger partial charge >= 0.3 is 0 Å². The van der Waals surface area contributed by atoms with Crippen LogP contribution in [0.3, 0.4) is 0 Å². The maximum atomic E-state index is 12.3. The molecule has 0 saturated heterocycles. The fourth-order valence-corrected chi connectivity index (χ4v) is 4.02. The van der Waals surface area contributed by atoms with Gasteiger partial charge in [0, 0.05) is 34.9 Å². The van der Waals surface area contributed by atoms with Crippen molar-refractivity contribution in [1.29, 1.82) is 0 Å². The Labute approximate surface area is 141 Å². The van der Waals surface area contributed by atoms with Gasteiger partial charge < -0.3 is 5.32 Å². The van der Waals surface area contributed by atoms with Crippen LogP contribution in [0.25, 0.3) is 10.1 Å². The van der Waals surface area contributed by atoms with E-state index in [-0.39, 0.29) is 5.91 Å². The van der Waals surface area contributed by atoms with Crippen LogP contribution in [0.4, 0.5) is 0 Å². The number of benzene rings is 1. The zero-order valence-corrected chi connectivity index (χ0v) is 14.1. The van der Waals surface area contributed by atoms with Gasteiger partial charge in [-0.1, -0.05) is 29.3 Å². The lowest BCUT2D eigenvalue weighted by molar-refractivity contribution is 0.0955. The molecule has 0 bridgehead atoms. The lowest BCUT2D eigenvalue weighted by Crippen LogP contribution is -2.21. The quantitative estimate of drug-likeness (QED) is 0.757. The van der Waals surface area contributed by atoms with Crippen LogP contribution in [0.1, 0.15) is 22.2 Å². The SMILES string of the molecule is CCn1cc(CNC(=O)c2sc3cccc(Cl)c3c2Cl)cn1. The molecular weight excluding hydrogens is 341 g/mol. The number of nitrogens with one attached hydrogen (secondary N) is 1. The van der Waals surface area contributed by atoms with Crippen molar-refractivity contribution in [3.05, 3.63) is 51.1 Å². The summed E-state index contributed by atoms with van der Waals surface area (Å²) in [6.45, 7) is 3.22. The monoisotopic (exact) mass is 353 g/mol. The van der Waals surface area contributed by atoms with Crippen molar-refractivity contribution in [3.8, 4) is 0 Å². The highest BCUT2D eigenvalue weighted by molar-refractivity contribution is 7.21. The number of carbonyl (C=O) groups is 1. The van der Waals surface area contributed by atoms with E-state index >= 15 is 0 Å². The summed E-state index contributed by atoms with van der Waals surface area (Å²) in [6, 6.07) is 5.52. The molecule has 0 spiro atoms. The van der Waals surface area contributed by atoms with E-state index in [1.807, 2.05) is 29.9 Å². The topological polar surface area (TPSA) is 46.9 Å². The molecule has 4 nitrogen and oxygen atoms in total. The molecule has 3 rings (SSSR count). The molecule has 0 aliphatic carbocycles. The second kappa shape index (κ2) is 6.28. The summed E-state index contributed by atoms with van der Waals surface area (Å²) < 4.78 is 2.72. The third kappa shape index (κ3) is 2.84. The van der Waals surface area contributed by atoms with E-state index in [2.05, 4.69) is 10.4 Å². The Morgan fingerprint density at radius 2 is 2.23 bits per heavy atom. The van der Waals surface area contributed by atoms with E-state index in [9.17, 15) is 4.79 Å². The van der Waals surface area contributed by atoms with Gasteiger partial charge in [-0.3, -0.25) is 9.48 Å². The molecule has 0 radical (unpaired) electrons. The van der Waals surface area contributed by atoms with Crippen LogP contribution in [0.5, 0.6) is 0 Å². The summed E-state index contributed by atoms with van der Waals surface area (Å²) >= 11 is 13.8. The molecular formula is C15H13Cl2N3OS. The smallest absolute Gasteiger partial charge is 0.263 e. The number of aromatic nitrogens is 2. The molecule has 0 atom stereocenters. The van der Waals surface area contributed by atoms with Gasteiger partial charge in [0.05, 0.1) is 16.2 Å². The lowest BCUT2D eigenvalue weighted by atomic mass is 10.2. The third-order valence-electron chi connectivity index (χ3n) is 3.28. The molecule has 1 N–H and O–H groups in total. The van der Waals surface area contributed by atoms with Gasteiger partial charge in [-0.15, -0.1) is 11.3 Å². The van der Waals surface area contributed by atoms with E-state index in [0.717, 1.165) is 22.2 Å². The van der Waals surface area contributed by atoms with Gasteiger partial charge in [-0.05, 0) is 19.1 Å². The van der Waals surface area contributed by atoms with E-state index in [0.29, 0.717) is 21.5 Å². The van der Waals surface area contributed by atoms with Gasteiger partial charge in [0.1, 0.15) is 4.88 Å². The number of rotatable bonds is 4. The van der Waals surface area contributed by atoms with Crippen molar-refractivity contribution in [2.75, 3.05) is 0 Å². The van der Waals surface area contributed by atoms with Crippen molar-refractivity contribution in [2.45, 2.75) is 20.0 Å². The zero-order valence-electron chi connectivity index (χ0n) is 11.8. The number of hydrogen-bond donors (Lipinski definition) is 1. The Morgan fingerprint density at radius 1 is 1.41 bits per heavy atom. The Hall–Kier alpha value is -1.56. The van der Waals surface area contributed by atoms with Crippen molar-refractivity contribution in [2.24, 2.45) is 0 Å². The number of aryl methyl sites for hydroxylation is 1. The fraction of sp³-hybridized carbons (Fsp3) is 0.200. The van der Waals surface area contributed by atoms with Crippen LogP contribution in [0.15, 0.2) is 30.6 Å². The number of hydrogen-bond acceptors (Lipinski definition) is 3. The van der Waals surface area contributed by atoms with Crippen LogP contribution >= 0.6 is 34.5 Å². The van der Waals surface area contributed by atoms with Crippen molar-refractivity contribution < 1.29 is 4.79 Å². The molecule has 2 heterocycles. The minimum Gasteiger partial charge on any atom is -0.347 e. The van der Waals surface area contributed by atoms with Gasteiger partial charge in [0.25, 0.3) is 5.91 Å². The first-order valence-electron chi connectivity index (χ1n) is 6.76. The summed E-state index contributed by atoms with van der Waals surface area (Å²) in [4.78, 5) is 12.8. The van der Waals surface area contributed by atoms with Crippen LogP contribution in [0.2, 0.25) is 10.0 Å². The van der Waals surface area contributed by atoms with Crippen LogP contribution < -0.4 is 5.32 Å². The first kappa shape index (κ1) is 15.3. The van der Waals surface area contributed by atoms with Crippen LogP contribution in [-0.2, 0) is 13.1 Å². The molecule has 1 amide bonds. The minimum absolute atomic E-state index is 0.202. The molecule has 0 unspecified atom stereocenters. The largest absolute Gasteiger partial charge is 0.347 e. The number of halogens is 2. The number of amides is 1. The predicted molar refractivity (Wildman–Crippen MR) is 90.9 cm³/mol. The summed E-state index contributed by atoms with van der Waals surface area (Å²) in [7, 11) is 0. The number of fused-ring (bicyclic) bond motifs is 1. The lowest BCUT2D eigenvalue weighted by Gasteiger charge is -2.02. The molecule has 0 aliphatic rings. The molecule has 114 valence electrons. The number of thiophene rings is 1. The van der Waals surface area contributed by atoms with Gasteiger partial charge in [0.2, 0.25) is 0 Å². The van der Waals surface area contributed by atoms with E-state index in [4.69, 9.17) is 23.2 Å². The Kier molecular flexibility index (Phi) is 4.38. The van der Waals surface area contributed by atoms with Gasteiger partial charge in [-0.2, -0.15) is 5.10 Å². The standard InChI is InChI=1S/C15H13Cl2N3OS/c1-2-20-8-9(7-19-20)6-18-15(21)14-13(17)12-10(16)4-3-5-11(12)22-14/h3-5,7-8H,2,6H2,1H3,(H,18,21). The van der Waals surface area contributed by atoms with Crippen LogP contribution in [-0.4, -0.2) is 15.7 Å².